The lowest BCUT2D eigenvalue weighted by atomic mass is 10.2. The van der Waals surface area contributed by atoms with Crippen molar-refractivity contribution in [3.63, 3.8) is 0 Å². The highest BCUT2D eigenvalue weighted by molar-refractivity contribution is 7.22. The van der Waals surface area contributed by atoms with Crippen LogP contribution in [0, 0.1) is 5.82 Å². The maximum Gasteiger partial charge on any atom is 0.296 e. The Morgan fingerprint density at radius 2 is 2.06 bits per heavy atom. The Hall–Kier alpha value is -4.12. The number of fused-ring (bicyclic) bond motifs is 2. The van der Waals surface area contributed by atoms with Gasteiger partial charge in [0.2, 0.25) is 5.76 Å². The first kappa shape index (κ1) is 19.8. The van der Waals surface area contributed by atoms with Crippen molar-refractivity contribution in [2.75, 3.05) is 5.32 Å². The van der Waals surface area contributed by atoms with E-state index >= 15 is 0 Å². The maximum atomic E-state index is 13.3. The van der Waals surface area contributed by atoms with E-state index in [4.69, 9.17) is 4.52 Å². The molecule has 0 aliphatic heterocycles. The Balaban J connectivity index is 1.27. The number of rotatable bonds is 5. The number of carbonyl (C=O) groups is 2. The van der Waals surface area contributed by atoms with Crippen LogP contribution in [0.15, 0.2) is 59.4 Å². The van der Waals surface area contributed by atoms with Gasteiger partial charge >= 0.3 is 0 Å². The number of halogens is 1. The van der Waals surface area contributed by atoms with Crippen molar-refractivity contribution < 1.29 is 18.5 Å². The van der Waals surface area contributed by atoms with Crippen molar-refractivity contribution in [3.8, 4) is 0 Å². The average molecular weight is 450 g/mol. The Bertz CT molecular complexity index is 1470. The summed E-state index contributed by atoms with van der Waals surface area (Å²) >= 11 is 1.15. The predicted molar refractivity (Wildman–Crippen MR) is 115 cm³/mol. The van der Waals surface area contributed by atoms with E-state index in [1.54, 1.807) is 23.7 Å². The molecule has 0 saturated carbocycles. The summed E-state index contributed by atoms with van der Waals surface area (Å²) in [5, 5.41) is 13.8. The molecule has 0 bridgehead atoms. The quantitative estimate of drug-likeness (QED) is 0.421. The normalized spacial score (nSPS) is 12.2. The third kappa shape index (κ3) is 3.69. The van der Waals surface area contributed by atoms with E-state index < -0.39 is 11.9 Å². The van der Waals surface area contributed by atoms with Crippen LogP contribution in [-0.4, -0.2) is 31.6 Å². The SMILES string of the molecule is C[C@@H](NC(=O)c1cnn2ccccc12)c1cc(C(=O)Nc2nc3ccc(F)cc3s2)on1. The number of anilines is 1. The van der Waals surface area contributed by atoms with E-state index in [2.05, 4.69) is 25.9 Å². The van der Waals surface area contributed by atoms with E-state index in [-0.39, 0.29) is 17.5 Å². The predicted octanol–water partition coefficient (Wildman–Crippen LogP) is 3.81. The highest BCUT2D eigenvalue weighted by Gasteiger charge is 2.21. The van der Waals surface area contributed by atoms with Crippen LogP contribution in [0.3, 0.4) is 0 Å². The minimum Gasteiger partial charge on any atom is -0.351 e. The van der Waals surface area contributed by atoms with Gasteiger partial charge in [0.25, 0.3) is 11.8 Å². The summed E-state index contributed by atoms with van der Waals surface area (Å²) in [5.74, 6) is -1.29. The number of hydrogen-bond acceptors (Lipinski definition) is 7. The molecule has 0 unspecified atom stereocenters. The number of thiazole rings is 1. The third-order valence-electron chi connectivity index (χ3n) is 4.79. The van der Waals surface area contributed by atoms with Gasteiger partial charge in [-0.05, 0) is 37.3 Å². The summed E-state index contributed by atoms with van der Waals surface area (Å²) in [5.41, 5.74) is 2.06. The molecule has 0 aliphatic rings. The summed E-state index contributed by atoms with van der Waals surface area (Å²) < 4.78 is 20.7. The molecular formula is C21H15FN6O3S. The van der Waals surface area contributed by atoms with Crippen LogP contribution in [0.1, 0.15) is 39.6 Å². The molecule has 160 valence electrons. The lowest BCUT2D eigenvalue weighted by Gasteiger charge is -2.09. The van der Waals surface area contributed by atoms with Crippen molar-refractivity contribution in [2.45, 2.75) is 13.0 Å². The topological polar surface area (TPSA) is 114 Å². The molecule has 1 atom stereocenters. The van der Waals surface area contributed by atoms with Crippen LogP contribution in [0.5, 0.6) is 0 Å². The average Bonchev–Trinajstić information content (AvgIpc) is 3.51. The second kappa shape index (κ2) is 7.85. The number of pyridine rings is 1. The highest BCUT2D eigenvalue weighted by Crippen LogP contribution is 2.27. The van der Waals surface area contributed by atoms with Crippen LogP contribution in [-0.2, 0) is 0 Å². The highest BCUT2D eigenvalue weighted by atomic mass is 32.1. The van der Waals surface area contributed by atoms with Crippen LogP contribution >= 0.6 is 11.3 Å². The van der Waals surface area contributed by atoms with E-state index in [9.17, 15) is 14.0 Å². The summed E-state index contributed by atoms with van der Waals surface area (Å²) in [4.78, 5) is 29.4. The van der Waals surface area contributed by atoms with E-state index in [1.165, 1.54) is 30.5 Å². The summed E-state index contributed by atoms with van der Waals surface area (Å²) in [6.45, 7) is 1.73. The van der Waals surface area contributed by atoms with Gasteiger partial charge in [0.05, 0.1) is 33.5 Å². The van der Waals surface area contributed by atoms with Gasteiger partial charge in [-0.3, -0.25) is 14.9 Å². The van der Waals surface area contributed by atoms with Gasteiger partial charge in [-0.25, -0.2) is 13.9 Å². The first-order valence-electron chi connectivity index (χ1n) is 9.55. The monoisotopic (exact) mass is 450 g/mol. The zero-order chi connectivity index (χ0) is 22.2. The molecule has 2 amide bonds. The smallest absolute Gasteiger partial charge is 0.296 e. The van der Waals surface area contributed by atoms with Gasteiger partial charge in [-0.15, -0.1) is 0 Å². The van der Waals surface area contributed by atoms with Gasteiger partial charge in [-0.1, -0.05) is 22.6 Å². The lowest BCUT2D eigenvalue weighted by Crippen LogP contribution is -2.26. The number of benzene rings is 1. The largest absolute Gasteiger partial charge is 0.351 e. The standard InChI is InChI=1S/C21H15FN6O3S/c1-11(24-19(29)13-10-23-28-7-3-2-4-16(13)28)15-9-17(31-27-15)20(30)26-21-25-14-6-5-12(22)8-18(14)32-21/h2-11H,1H3,(H,24,29)(H,25,26,30)/t11-/m1/s1. The third-order valence-corrected chi connectivity index (χ3v) is 5.72. The lowest BCUT2D eigenvalue weighted by molar-refractivity contribution is 0.0937. The van der Waals surface area contributed by atoms with Crippen LogP contribution in [0.4, 0.5) is 9.52 Å². The molecule has 32 heavy (non-hydrogen) atoms. The van der Waals surface area contributed by atoms with Crippen molar-refractivity contribution in [2.24, 2.45) is 0 Å². The van der Waals surface area contributed by atoms with Crippen LogP contribution < -0.4 is 10.6 Å². The van der Waals surface area contributed by atoms with Crippen LogP contribution in [0.2, 0.25) is 0 Å². The molecule has 4 aromatic heterocycles. The van der Waals surface area contributed by atoms with Crippen molar-refractivity contribution in [1.29, 1.82) is 0 Å². The first-order chi connectivity index (χ1) is 15.5. The molecular weight excluding hydrogens is 435 g/mol. The minimum absolute atomic E-state index is 0.0393. The maximum absolute atomic E-state index is 13.3. The Kier molecular flexibility index (Phi) is 4.86. The zero-order valence-electron chi connectivity index (χ0n) is 16.6. The fraction of sp³-hybridized carbons (Fsp3) is 0.0952. The minimum atomic E-state index is -0.551. The van der Waals surface area contributed by atoms with Gasteiger partial charge in [0.1, 0.15) is 11.5 Å². The van der Waals surface area contributed by atoms with Gasteiger partial charge in [0, 0.05) is 12.3 Å². The Labute approximate surface area is 183 Å². The number of nitrogens with one attached hydrogen (secondary N) is 2. The number of aromatic nitrogens is 4. The molecule has 0 radical (unpaired) electrons. The molecule has 0 saturated heterocycles. The molecule has 0 aliphatic carbocycles. The Morgan fingerprint density at radius 3 is 2.94 bits per heavy atom. The van der Waals surface area contributed by atoms with Gasteiger partial charge in [-0.2, -0.15) is 5.10 Å². The van der Waals surface area contributed by atoms with Crippen molar-refractivity contribution in [1.82, 2.24) is 25.1 Å². The van der Waals surface area contributed by atoms with E-state index in [0.717, 1.165) is 11.3 Å². The zero-order valence-corrected chi connectivity index (χ0v) is 17.4. The molecule has 0 fully saturated rings. The van der Waals surface area contributed by atoms with Gasteiger partial charge in [0.15, 0.2) is 5.13 Å². The number of hydrogen-bond donors (Lipinski definition) is 2. The fourth-order valence-electron chi connectivity index (χ4n) is 3.17. The molecule has 4 heterocycles. The molecule has 11 heteroatoms. The molecule has 0 spiro atoms. The van der Waals surface area contributed by atoms with Crippen molar-refractivity contribution >= 4 is 44.0 Å². The molecule has 1 aromatic carbocycles. The second-order valence-corrected chi connectivity index (χ2v) is 8.02. The first-order valence-corrected chi connectivity index (χ1v) is 10.4. The summed E-state index contributed by atoms with van der Waals surface area (Å²) in [7, 11) is 0. The molecule has 5 aromatic rings. The summed E-state index contributed by atoms with van der Waals surface area (Å²) in [6.07, 6.45) is 3.24. The van der Waals surface area contributed by atoms with Gasteiger partial charge < -0.3 is 9.84 Å². The van der Waals surface area contributed by atoms with E-state index in [0.29, 0.717) is 32.1 Å². The second-order valence-electron chi connectivity index (χ2n) is 6.99. The summed E-state index contributed by atoms with van der Waals surface area (Å²) in [6, 6.07) is 10.6. The fourth-order valence-corrected chi connectivity index (χ4v) is 4.05. The Morgan fingerprint density at radius 1 is 1.19 bits per heavy atom. The number of nitrogens with zero attached hydrogens (tertiary/aromatic N) is 4. The van der Waals surface area contributed by atoms with Crippen LogP contribution in [0.25, 0.3) is 15.7 Å². The molecule has 5 rings (SSSR count). The molecule has 9 nitrogen and oxygen atoms in total. The van der Waals surface area contributed by atoms with Crippen molar-refractivity contribution in [3.05, 3.63) is 77.7 Å². The number of amides is 2. The van der Waals surface area contributed by atoms with E-state index in [1.807, 2.05) is 12.1 Å². The number of carbonyl (C=O) groups excluding carboxylic acids is 2. The molecule has 2 N–H and O–H groups in total.